The van der Waals surface area contributed by atoms with Crippen LogP contribution in [0.4, 0.5) is 0 Å². The van der Waals surface area contributed by atoms with Gasteiger partial charge in [-0.2, -0.15) is 0 Å². The molecule has 0 fully saturated rings. The molecule has 5 heteroatoms. The van der Waals surface area contributed by atoms with E-state index >= 15 is 0 Å². The number of rotatable bonds is 1. The predicted octanol–water partition coefficient (Wildman–Crippen LogP) is -1.74. The second-order valence-electron chi connectivity index (χ2n) is 0.575. The summed E-state index contributed by atoms with van der Waals surface area (Å²) in [6.07, 6.45) is 0. The summed E-state index contributed by atoms with van der Waals surface area (Å²) in [4.78, 5) is 3.51. The average Bonchev–Trinajstić information content (AvgIpc) is 1.41. The molecule has 1 N–H and O–H groups in total. The Balaban J connectivity index is 2.62. The molecule has 0 saturated carbocycles. The summed E-state index contributed by atoms with van der Waals surface area (Å²) in [5.41, 5.74) is 0. The van der Waals surface area contributed by atoms with E-state index in [9.17, 15) is 0 Å². The van der Waals surface area contributed by atoms with E-state index in [4.69, 9.17) is 5.26 Å². The van der Waals surface area contributed by atoms with Gasteiger partial charge < -0.3 is 0 Å². The van der Waals surface area contributed by atoms with Crippen molar-refractivity contribution < 1.29 is 10.1 Å². The van der Waals surface area contributed by atoms with E-state index in [1.807, 2.05) is 0 Å². The van der Waals surface area contributed by atoms with Gasteiger partial charge in [0.2, 0.25) is 0 Å². The molecule has 0 unspecified atom stereocenters. The fourth-order valence-electron chi connectivity index (χ4n) is 0.0609. The van der Waals surface area contributed by atoms with Gasteiger partial charge in [-0.05, 0) is 0 Å². The molecule has 0 aromatic heterocycles. The molecule has 0 aromatic rings. The third-order valence-electron chi connectivity index (χ3n) is 0.197. The van der Waals surface area contributed by atoms with Crippen LogP contribution in [0.15, 0.2) is 0 Å². The topological polar surface area (TPSA) is 29.5 Å². The Labute approximate surface area is 32.6 Å². The standard InChI is InChI=1S/B3H3O2/c1-2-3-5-4/h4H,1H2. The Bertz CT molecular complexity index is 31.9. The first-order valence-electron chi connectivity index (χ1n) is 1.33. The van der Waals surface area contributed by atoms with Gasteiger partial charge in [0.25, 0.3) is 0 Å². The summed E-state index contributed by atoms with van der Waals surface area (Å²) in [6, 6.07) is 0. The summed E-state index contributed by atoms with van der Waals surface area (Å²) >= 11 is 0. The van der Waals surface area contributed by atoms with Crippen LogP contribution < -0.4 is 0 Å². The van der Waals surface area contributed by atoms with Crippen molar-refractivity contribution >= 4 is 21.4 Å². The summed E-state index contributed by atoms with van der Waals surface area (Å²) < 4.78 is 0. The van der Waals surface area contributed by atoms with Crippen LogP contribution in [0.1, 0.15) is 0 Å². The zero-order valence-corrected chi connectivity index (χ0v) is 3.01. The third kappa shape index (κ3) is 3.95. The van der Waals surface area contributed by atoms with E-state index in [2.05, 4.69) is 4.81 Å². The van der Waals surface area contributed by atoms with Gasteiger partial charge in [0.1, 0.15) is 0 Å². The molecule has 0 aliphatic carbocycles. The van der Waals surface area contributed by atoms with Crippen molar-refractivity contribution in [2.75, 3.05) is 0 Å². The van der Waals surface area contributed by atoms with E-state index in [1.54, 1.807) is 14.4 Å². The van der Waals surface area contributed by atoms with Gasteiger partial charge in [0.15, 0.2) is 0 Å². The first-order valence-corrected chi connectivity index (χ1v) is 1.33. The van der Waals surface area contributed by atoms with E-state index in [0.29, 0.717) is 0 Å². The molecule has 24 valence electrons. The molecular formula is H3B3O2. The fourth-order valence-corrected chi connectivity index (χ4v) is 0.0609. The van der Waals surface area contributed by atoms with Crippen LogP contribution in [0.5, 0.6) is 0 Å². The number of hydrogen-bond acceptors (Lipinski definition) is 2. The Hall–Kier alpha value is -0.0452. The Kier molecular flexibility index (Phi) is 3.92. The Morgan fingerprint density at radius 3 is 2.40 bits per heavy atom. The summed E-state index contributed by atoms with van der Waals surface area (Å²) in [5.74, 6) is 0. The van der Waals surface area contributed by atoms with Crippen LogP contribution in [0, 0.1) is 0 Å². The normalized spacial score (nSPS) is 5.80. The zero-order chi connectivity index (χ0) is 4.12. The maximum atomic E-state index is 7.48. The van der Waals surface area contributed by atoms with Gasteiger partial charge in [0.05, 0.1) is 0 Å². The molecule has 0 bridgehead atoms. The molecule has 0 spiro atoms. The molecular weight excluding hydrogens is 64.4 g/mol. The van der Waals surface area contributed by atoms with Gasteiger partial charge in [-0.3, -0.25) is 0 Å². The average molecular weight is 67.5 g/mol. The summed E-state index contributed by atoms with van der Waals surface area (Å²) in [6.45, 7) is 1.58. The first kappa shape index (κ1) is 4.95. The molecule has 0 saturated heterocycles. The molecule has 0 aliphatic rings. The van der Waals surface area contributed by atoms with Crippen LogP contribution in [0.2, 0.25) is 0 Å². The fraction of sp³-hybridized carbons (Fsp3) is 0. The molecule has 0 atom stereocenters. The van der Waals surface area contributed by atoms with Crippen molar-refractivity contribution in [2.45, 2.75) is 0 Å². The second kappa shape index (κ2) is 3.95. The molecule has 0 aliphatic heterocycles. The zero-order valence-electron chi connectivity index (χ0n) is 3.01. The molecule has 0 heterocycles. The maximum absolute atomic E-state index is 7.48. The van der Waals surface area contributed by atoms with E-state index in [-0.39, 0.29) is 0 Å². The van der Waals surface area contributed by atoms with Crippen LogP contribution >= 0.6 is 0 Å². The third-order valence-corrected chi connectivity index (χ3v) is 0.197. The van der Waals surface area contributed by atoms with E-state index in [0.717, 1.165) is 0 Å². The monoisotopic (exact) mass is 68.0 g/mol. The van der Waals surface area contributed by atoms with Gasteiger partial charge in [-0.15, -0.1) is 0 Å². The van der Waals surface area contributed by atoms with Gasteiger partial charge >= 0.3 is 31.5 Å². The van der Waals surface area contributed by atoms with Crippen LogP contribution in [-0.2, 0) is 4.81 Å². The van der Waals surface area contributed by atoms with Crippen LogP contribution in [0.3, 0.4) is 0 Å². The van der Waals surface area contributed by atoms with Crippen molar-refractivity contribution in [2.24, 2.45) is 0 Å². The van der Waals surface area contributed by atoms with Crippen molar-refractivity contribution in [1.82, 2.24) is 0 Å². The van der Waals surface area contributed by atoms with Crippen LogP contribution in [-0.4, -0.2) is 26.7 Å². The molecule has 5 heavy (non-hydrogen) atoms. The minimum atomic E-state index is 1.18. The van der Waals surface area contributed by atoms with Crippen molar-refractivity contribution in [3.63, 3.8) is 0 Å². The van der Waals surface area contributed by atoms with Crippen molar-refractivity contribution in [3.8, 4) is 0 Å². The molecule has 0 rings (SSSR count). The summed E-state index contributed by atoms with van der Waals surface area (Å²) in [5, 5.41) is 7.48. The van der Waals surface area contributed by atoms with E-state index < -0.39 is 0 Å². The SMILES string of the molecule is BB=BOO. The van der Waals surface area contributed by atoms with Gasteiger partial charge in [-0.25, -0.2) is 0 Å². The van der Waals surface area contributed by atoms with Crippen molar-refractivity contribution in [3.05, 3.63) is 0 Å². The van der Waals surface area contributed by atoms with Crippen molar-refractivity contribution in [1.29, 1.82) is 0 Å². The summed E-state index contributed by atoms with van der Waals surface area (Å²) in [7, 11) is 2.93. The molecule has 0 amide bonds. The molecule has 0 radical (unpaired) electrons. The quantitative estimate of drug-likeness (QED) is 0.224. The van der Waals surface area contributed by atoms with Gasteiger partial charge in [0, 0.05) is 0 Å². The van der Waals surface area contributed by atoms with Gasteiger partial charge in [-0.1, -0.05) is 0 Å². The second-order valence-corrected chi connectivity index (χ2v) is 0.575. The molecule has 2 nitrogen and oxygen atoms in total. The minimum absolute atomic E-state index is 1.18. The van der Waals surface area contributed by atoms with E-state index in [1.165, 1.54) is 7.00 Å². The molecule has 0 aromatic carbocycles. The first-order chi connectivity index (χ1) is 2.41. The predicted molar refractivity (Wildman–Crippen MR) is 23.8 cm³/mol. The Morgan fingerprint density at radius 2 is 2.40 bits per heavy atom. The number of hydrogen-bond donors (Lipinski definition) is 1. The Morgan fingerprint density at radius 1 is 1.80 bits per heavy atom. The van der Waals surface area contributed by atoms with Crippen LogP contribution in [0.25, 0.3) is 0 Å².